The fourth-order valence-corrected chi connectivity index (χ4v) is 6.71. The lowest BCUT2D eigenvalue weighted by Gasteiger charge is -2.37. The van der Waals surface area contributed by atoms with Crippen molar-refractivity contribution in [1.29, 1.82) is 0 Å². The lowest BCUT2D eigenvalue weighted by atomic mass is 9.63. The molecule has 3 aromatic carbocycles. The quantitative estimate of drug-likeness (QED) is 0.243. The molecule has 2 aliphatic heterocycles. The molecular formula is C31H31BrClFN4O5. The van der Waals surface area contributed by atoms with Gasteiger partial charge in [0.25, 0.3) is 0 Å². The first-order valence-electron chi connectivity index (χ1n) is 13.5. The van der Waals surface area contributed by atoms with Crippen molar-refractivity contribution < 1.29 is 28.2 Å². The number of carbonyl (C=O) groups is 3. The molecule has 1 saturated heterocycles. The van der Waals surface area contributed by atoms with E-state index in [4.69, 9.17) is 26.8 Å². The Morgan fingerprint density at radius 3 is 2.58 bits per heavy atom. The fourth-order valence-electron chi connectivity index (χ4n) is 6.17. The van der Waals surface area contributed by atoms with Crippen molar-refractivity contribution in [1.82, 2.24) is 5.32 Å². The number of fused-ring (bicyclic) bond motifs is 2. The number of rotatable bonds is 6. The summed E-state index contributed by atoms with van der Waals surface area (Å²) in [6, 6.07) is 13.7. The van der Waals surface area contributed by atoms with E-state index in [2.05, 4.69) is 31.9 Å². The molecule has 2 heterocycles. The highest BCUT2D eigenvalue weighted by molar-refractivity contribution is 9.10. The van der Waals surface area contributed by atoms with Crippen molar-refractivity contribution in [2.24, 2.45) is 11.1 Å². The van der Waals surface area contributed by atoms with Crippen molar-refractivity contribution >= 4 is 56.8 Å². The topological polar surface area (TPSA) is 132 Å². The average Bonchev–Trinajstić information content (AvgIpc) is 3.38. The van der Waals surface area contributed by atoms with Crippen LogP contribution in [0.3, 0.4) is 0 Å². The van der Waals surface area contributed by atoms with Crippen molar-refractivity contribution in [3.05, 3.63) is 86.6 Å². The van der Waals surface area contributed by atoms with E-state index in [1.165, 1.54) is 31.4 Å². The lowest BCUT2D eigenvalue weighted by Crippen LogP contribution is -2.49. The summed E-state index contributed by atoms with van der Waals surface area (Å²) in [5, 5.41) is 8.87. The minimum absolute atomic E-state index is 0.121. The molecule has 1 spiro atoms. The van der Waals surface area contributed by atoms with Gasteiger partial charge in [-0.05, 0) is 59.4 Å². The number of nitrogens with one attached hydrogen (secondary N) is 3. The Morgan fingerprint density at radius 1 is 1.16 bits per heavy atom. The molecule has 0 aromatic heterocycles. The summed E-state index contributed by atoms with van der Waals surface area (Å²) in [6.45, 7) is 6.11. The number of nitrogens with two attached hydrogens (primary N) is 1. The number of benzene rings is 3. The predicted molar refractivity (Wildman–Crippen MR) is 165 cm³/mol. The van der Waals surface area contributed by atoms with Crippen LogP contribution in [-0.4, -0.2) is 37.3 Å². The van der Waals surface area contributed by atoms with Gasteiger partial charge in [0.05, 0.1) is 23.7 Å². The Bertz CT molecular complexity index is 1630. The van der Waals surface area contributed by atoms with Crippen molar-refractivity contribution in [3.8, 4) is 5.75 Å². The zero-order chi connectivity index (χ0) is 31.3. The number of hydrogen-bond acceptors (Lipinski definition) is 6. The van der Waals surface area contributed by atoms with E-state index in [0.29, 0.717) is 17.7 Å². The predicted octanol–water partition coefficient (Wildman–Crippen LogP) is 6.31. The van der Waals surface area contributed by atoms with Crippen LogP contribution in [0, 0.1) is 11.2 Å². The molecule has 5 rings (SSSR count). The van der Waals surface area contributed by atoms with Crippen molar-refractivity contribution in [3.63, 3.8) is 0 Å². The summed E-state index contributed by atoms with van der Waals surface area (Å²) >= 11 is 9.72. The fraction of sp³-hybridized carbons (Fsp3) is 0.323. The van der Waals surface area contributed by atoms with E-state index < -0.39 is 41.4 Å². The van der Waals surface area contributed by atoms with E-state index in [1.54, 1.807) is 18.2 Å². The average molecular weight is 674 g/mol. The van der Waals surface area contributed by atoms with Crippen LogP contribution in [0.1, 0.15) is 54.6 Å². The molecule has 226 valence electrons. The van der Waals surface area contributed by atoms with Gasteiger partial charge in [-0.2, -0.15) is 0 Å². The second-order valence-corrected chi connectivity index (χ2v) is 13.2. The van der Waals surface area contributed by atoms with Crippen molar-refractivity contribution in [2.45, 2.75) is 50.8 Å². The summed E-state index contributed by atoms with van der Waals surface area (Å²) in [5.41, 5.74) is 5.51. The molecule has 2 aliphatic rings. The Labute approximate surface area is 261 Å². The number of methoxy groups -OCH3 is 1. The molecule has 0 radical (unpaired) electrons. The third-order valence-corrected chi connectivity index (χ3v) is 8.63. The molecule has 3 amide bonds. The van der Waals surface area contributed by atoms with Gasteiger partial charge in [0, 0.05) is 21.8 Å². The van der Waals surface area contributed by atoms with Crippen LogP contribution in [-0.2, 0) is 14.9 Å². The molecule has 12 heteroatoms. The van der Waals surface area contributed by atoms with Crippen LogP contribution >= 0.6 is 27.5 Å². The van der Waals surface area contributed by atoms with Crippen molar-refractivity contribution in [2.75, 3.05) is 17.7 Å². The lowest BCUT2D eigenvalue weighted by molar-refractivity contribution is -0.122. The minimum atomic E-state index is -1.36. The Morgan fingerprint density at radius 2 is 1.91 bits per heavy atom. The summed E-state index contributed by atoms with van der Waals surface area (Å²) in [4.78, 5) is 39.2. The summed E-state index contributed by atoms with van der Waals surface area (Å²) in [5.74, 6) is -2.54. The summed E-state index contributed by atoms with van der Waals surface area (Å²) in [7, 11) is 1.38. The number of carbonyl (C=O) groups excluding carboxylic acids is 3. The Kier molecular flexibility index (Phi) is 8.19. The zero-order valence-corrected chi connectivity index (χ0v) is 26.2. The van der Waals surface area contributed by atoms with Gasteiger partial charge in [0.15, 0.2) is 6.23 Å². The monoisotopic (exact) mass is 672 g/mol. The maximum absolute atomic E-state index is 15.9. The normalized spacial score (nSPS) is 22.7. The van der Waals surface area contributed by atoms with Gasteiger partial charge in [-0.25, -0.2) is 9.18 Å². The van der Waals surface area contributed by atoms with Crippen LogP contribution < -0.4 is 26.4 Å². The molecule has 3 aromatic rings. The second kappa shape index (κ2) is 11.4. The van der Waals surface area contributed by atoms with E-state index >= 15 is 4.39 Å². The Hall–Kier alpha value is -3.67. The van der Waals surface area contributed by atoms with E-state index in [0.717, 1.165) is 4.47 Å². The largest absolute Gasteiger partial charge is 0.495 e. The maximum Gasteiger partial charge on any atom is 0.413 e. The number of amides is 3. The standard InChI is InChI=1S/C31H31BrClFN4O5/c1-30(2,3)14-23-31(18-10-9-16(32)13-21(18)36-28(31)40)24(17-6-5-7-19(33)25(17)34)27(38-23)43-29(41)37-20-11-8-15(26(35)39)12-22(20)42-4/h5-13,23-24,27,38H,14H2,1-4H3,(H2,35,39)(H,36,40)(H,37,41)/t23-,24-,27+,31+/m0/s1. The first kappa shape index (κ1) is 30.8. The highest BCUT2D eigenvalue weighted by Gasteiger charge is 2.66. The molecule has 0 unspecified atom stereocenters. The molecule has 4 atom stereocenters. The number of hydrogen-bond donors (Lipinski definition) is 4. The van der Waals surface area contributed by atoms with Gasteiger partial charge >= 0.3 is 6.09 Å². The van der Waals surface area contributed by atoms with Gasteiger partial charge in [0.2, 0.25) is 11.8 Å². The second-order valence-electron chi connectivity index (χ2n) is 11.8. The van der Waals surface area contributed by atoms with Gasteiger partial charge in [-0.15, -0.1) is 0 Å². The highest BCUT2D eigenvalue weighted by Crippen LogP contribution is 2.57. The smallest absolute Gasteiger partial charge is 0.413 e. The number of anilines is 2. The first-order valence-corrected chi connectivity index (χ1v) is 14.7. The van der Waals surface area contributed by atoms with Gasteiger partial charge < -0.3 is 20.5 Å². The molecule has 0 bridgehead atoms. The third-order valence-electron chi connectivity index (χ3n) is 7.85. The van der Waals surface area contributed by atoms with Gasteiger partial charge in [-0.3, -0.25) is 20.2 Å². The molecule has 0 saturated carbocycles. The van der Waals surface area contributed by atoms with Crippen LogP contribution in [0.4, 0.5) is 20.6 Å². The van der Waals surface area contributed by atoms with Gasteiger partial charge in [-0.1, -0.05) is 66.5 Å². The van der Waals surface area contributed by atoms with E-state index in [1.807, 2.05) is 32.9 Å². The van der Waals surface area contributed by atoms with Crippen LogP contribution in [0.5, 0.6) is 5.75 Å². The first-order chi connectivity index (χ1) is 20.3. The van der Waals surface area contributed by atoms with E-state index in [-0.39, 0.29) is 38.9 Å². The molecular weight excluding hydrogens is 643 g/mol. The molecule has 0 aliphatic carbocycles. The van der Waals surface area contributed by atoms with Crippen LogP contribution in [0.15, 0.2) is 59.1 Å². The number of halogens is 3. The molecule has 43 heavy (non-hydrogen) atoms. The SMILES string of the molecule is COc1cc(C(N)=O)ccc1NC(=O)O[C@H]1N[C@@H](CC(C)(C)C)[C@@]2(C(=O)Nc3cc(Br)ccc32)[C@H]1c1cccc(Cl)c1F. The third kappa shape index (κ3) is 5.57. The molecule has 5 N–H and O–H groups in total. The highest BCUT2D eigenvalue weighted by atomic mass is 79.9. The number of primary amides is 1. The Balaban J connectivity index is 1.62. The zero-order valence-electron chi connectivity index (χ0n) is 23.9. The van der Waals surface area contributed by atoms with Crippen LogP contribution in [0.25, 0.3) is 0 Å². The van der Waals surface area contributed by atoms with Gasteiger partial charge in [0.1, 0.15) is 17.0 Å². The summed E-state index contributed by atoms with van der Waals surface area (Å²) < 4.78 is 27.9. The minimum Gasteiger partial charge on any atom is -0.495 e. The van der Waals surface area contributed by atoms with E-state index in [9.17, 15) is 14.4 Å². The molecule has 9 nitrogen and oxygen atoms in total. The summed E-state index contributed by atoms with van der Waals surface area (Å²) in [6.07, 6.45) is -1.56. The maximum atomic E-state index is 15.9. The van der Waals surface area contributed by atoms with Crippen LogP contribution in [0.2, 0.25) is 5.02 Å². The molecule has 1 fully saturated rings. The number of ether oxygens (including phenoxy) is 2.